The molecule has 34 heavy (non-hydrogen) atoms. The van der Waals surface area contributed by atoms with E-state index in [1.165, 1.54) is 0 Å². The number of amides is 2. The third-order valence-electron chi connectivity index (χ3n) is 6.84. The van der Waals surface area contributed by atoms with Crippen molar-refractivity contribution in [2.24, 2.45) is 5.41 Å². The maximum atomic E-state index is 12.6. The van der Waals surface area contributed by atoms with Gasteiger partial charge in [-0.2, -0.15) is 0 Å². The molecule has 3 N–H and O–H groups in total. The number of nitrogen functional groups attached to an aromatic ring is 1. The van der Waals surface area contributed by atoms with Crippen LogP contribution >= 0.6 is 0 Å². The number of likely N-dealkylation sites (tertiary alicyclic amines) is 1. The lowest BCUT2D eigenvalue weighted by Gasteiger charge is -2.47. The first kappa shape index (κ1) is 23.9. The summed E-state index contributed by atoms with van der Waals surface area (Å²) < 4.78 is 5.53. The van der Waals surface area contributed by atoms with Gasteiger partial charge in [-0.15, -0.1) is 0 Å². The molecule has 2 saturated heterocycles. The molecule has 2 fully saturated rings. The Hall–Kier alpha value is -3.29. The molecular weight excluding hydrogens is 430 g/mol. The van der Waals surface area contributed by atoms with Crippen molar-refractivity contribution in [1.29, 1.82) is 0 Å². The molecule has 0 radical (unpaired) electrons. The van der Waals surface area contributed by atoms with Gasteiger partial charge in [-0.3, -0.25) is 4.79 Å². The minimum atomic E-state index is -0.463. The summed E-state index contributed by atoms with van der Waals surface area (Å²) in [5.41, 5.74) is 7.35. The van der Waals surface area contributed by atoms with Gasteiger partial charge >= 0.3 is 6.09 Å². The Morgan fingerprint density at radius 1 is 1.00 bits per heavy atom. The monoisotopic (exact) mass is 465 g/mol. The second-order valence-corrected chi connectivity index (χ2v) is 10.4. The summed E-state index contributed by atoms with van der Waals surface area (Å²) >= 11 is 0. The van der Waals surface area contributed by atoms with Crippen LogP contribution in [0.1, 0.15) is 56.8 Å². The number of carbonyl (C=O) groups is 2. The molecule has 2 aliphatic rings. The lowest BCUT2D eigenvalue weighted by atomic mass is 9.71. The van der Waals surface area contributed by atoms with E-state index in [1.807, 2.05) is 43.9 Å². The number of rotatable bonds is 3. The molecule has 2 aliphatic heterocycles. The quantitative estimate of drug-likeness (QED) is 0.646. The predicted octanol–water partition coefficient (Wildman–Crippen LogP) is 4.53. The van der Waals surface area contributed by atoms with Gasteiger partial charge in [-0.1, -0.05) is 12.1 Å². The van der Waals surface area contributed by atoms with Gasteiger partial charge in [0.15, 0.2) is 0 Å². The molecule has 4 rings (SSSR count). The van der Waals surface area contributed by atoms with Gasteiger partial charge in [0.25, 0.3) is 5.91 Å². The molecule has 1 spiro atoms. The number of benzene rings is 1. The molecule has 0 atom stereocenters. The molecule has 2 aromatic rings. The van der Waals surface area contributed by atoms with E-state index in [4.69, 9.17) is 10.5 Å². The number of hydrogen-bond donors (Lipinski definition) is 2. The molecular formula is C26H35N5O3. The number of nitrogens with one attached hydrogen (secondary N) is 1. The van der Waals surface area contributed by atoms with Gasteiger partial charge in [-0.05, 0) is 76.1 Å². The van der Waals surface area contributed by atoms with Crippen LogP contribution in [-0.4, -0.2) is 53.7 Å². The third-order valence-corrected chi connectivity index (χ3v) is 6.84. The Kier molecular flexibility index (Phi) is 6.68. The third kappa shape index (κ3) is 5.61. The number of ether oxygens (including phenoxy) is 1. The van der Waals surface area contributed by atoms with Crippen molar-refractivity contribution in [1.82, 2.24) is 9.88 Å². The van der Waals surface area contributed by atoms with E-state index in [0.717, 1.165) is 57.7 Å². The molecule has 8 heteroatoms. The van der Waals surface area contributed by atoms with Crippen LogP contribution in [0.3, 0.4) is 0 Å². The number of piperidine rings is 2. The predicted molar refractivity (Wildman–Crippen MR) is 134 cm³/mol. The Labute approximate surface area is 201 Å². The van der Waals surface area contributed by atoms with Gasteiger partial charge in [0.2, 0.25) is 0 Å². The van der Waals surface area contributed by atoms with E-state index in [9.17, 15) is 9.59 Å². The average Bonchev–Trinajstić information content (AvgIpc) is 2.80. The summed E-state index contributed by atoms with van der Waals surface area (Å²) in [7, 11) is 0. The highest BCUT2D eigenvalue weighted by Crippen LogP contribution is 2.42. The summed E-state index contributed by atoms with van der Waals surface area (Å²) in [6.07, 6.45) is 5.58. The normalized spacial score (nSPS) is 18.0. The van der Waals surface area contributed by atoms with Crippen LogP contribution < -0.4 is 16.0 Å². The zero-order valence-electron chi connectivity index (χ0n) is 20.3. The van der Waals surface area contributed by atoms with Gasteiger partial charge in [0.1, 0.15) is 11.4 Å². The molecule has 1 aromatic carbocycles. The number of para-hydroxylation sites is 2. The van der Waals surface area contributed by atoms with Crippen molar-refractivity contribution >= 4 is 29.2 Å². The molecule has 2 amide bonds. The Bertz CT molecular complexity index is 1010. The number of carbonyl (C=O) groups excluding carboxylic acids is 2. The summed E-state index contributed by atoms with van der Waals surface area (Å²) in [4.78, 5) is 33.6. The van der Waals surface area contributed by atoms with Crippen LogP contribution in [-0.2, 0) is 4.74 Å². The SMILES string of the molecule is CC(C)(C)OC(=O)N1CCC2(CC1)CCN(c1ccc(C(=O)Nc3ccccc3N)cn1)CC2. The van der Waals surface area contributed by atoms with Crippen LogP contribution in [0.25, 0.3) is 0 Å². The second-order valence-electron chi connectivity index (χ2n) is 10.4. The highest BCUT2D eigenvalue weighted by molar-refractivity contribution is 6.05. The number of nitrogens with zero attached hydrogens (tertiary/aromatic N) is 3. The van der Waals surface area contributed by atoms with Gasteiger partial charge in [0.05, 0.1) is 16.9 Å². The smallest absolute Gasteiger partial charge is 0.410 e. The maximum absolute atomic E-state index is 12.6. The highest BCUT2D eigenvalue weighted by atomic mass is 16.6. The van der Waals surface area contributed by atoms with Gasteiger partial charge < -0.3 is 25.6 Å². The van der Waals surface area contributed by atoms with E-state index in [0.29, 0.717) is 16.9 Å². The molecule has 1 aromatic heterocycles. The molecule has 8 nitrogen and oxygen atoms in total. The second kappa shape index (κ2) is 9.52. The first-order valence-electron chi connectivity index (χ1n) is 12.0. The molecule has 3 heterocycles. The van der Waals surface area contributed by atoms with E-state index >= 15 is 0 Å². The van der Waals surface area contributed by atoms with Crippen LogP contribution in [0.5, 0.6) is 0 Å². The average molecular weight is 466 g/mol. The molecule has 182 valence electrons. The van der Waals surface area contributed by atoms with E-state index in [-0.39, 0.29) is 17.4 Å². The van der Waals surface area contributed by atoms with Crippen molar-refractivity contribution in [2.75, 3.05) is 42.1 Å². The van der Waals surface area contributed by atoms with Crippen LogP contribution in [0.4, 0.5) is 22.0 Å². The van der Waals surface area contributed by atoms with E-state index < -0.39 is 5.60 Å². The Balaban J connectivity index is 1.29. The van der Waals surface area contributed by atoms with Crippen molar-refractivity contribution in [3.63, 3.8) is 0 Å². The molecule has 0 aliphatic carbocycles. The van der Waals surface area contributed by atoms with E-state index in [2.05, 4.69) is 15.2 Å². The van der Waals surface area contributed by atoms with Gasteiger partial charge in [0, 0.05) is 32.4 Å². The van der Waals surface area contributed by atoms with Crippen LogP contribution in [0.15, 0.2) is 42.6 Å². The van der Waals surface area contributed by atoms with Crippen LogP contribution in [0.2, 0.25) is 0 Å². The summed E-state index contributed by atoms with van der Waals surface area (Å²) in [6, 6.07) is 10.9. The minimum absolute atomic E-state index is 0.205. The lowest BCUT2D eigenvalue weighted by molar-refractivity contribution is 0.00664. The largest absolute Gasteiger partial charge is 0.444 e. The van der Waals surface area contributed by atoms with Crippen molar-refractivity contribution in [2.45, 2.75) is 52.1 Å². The summed E-state index contributed by atoms with van der Waals surface area (Å²) in [5.74, 6) is 0.656. The van der Waals surface area contributed by atoms with Gasteiger partial charge in [-0.25, -0.2) is 9.78 Å². The first-order chi connectivity index (χ1) is 16.1. The molecule has 0 saturated carbocycles. The molecule has 0 unspecified atom stereocenters. The fraction of sp³-hybridized carbons (Fsp3) is 0.500. The zero-order chi connectivity index (χ0) is 24.3. The lowest BCUT2D eigenvalue weighted by Crippen LogP contribution is -2.49. The zero-order valence-corrected chi connectivity index (χ0v) is 20.3. The fourth-order valence-corrected chi connectivity index (χ4v) is 4.71. The fourth-order valence-electron chi connectivity index (χ4n) is 4.71. The number of hydrogen-bond acceptors (Lipinski definition) is 6. The first-order valence-corrected chi connectivity index (χ1v) is 12.0. The van der Waals surface area contributed by atoms with Crippen molar-refractivity contribution in [3.8, 4) is 0 Å². The molecule has 0 bridgehead atoms. The number of anilines is 3. The maximum Gasteiger partial charge on any atom is 0.410 e. The standard InChI is InChI=1S/C26H35N5O3/c1-25(2,3)34-24(33)31-16-12-26(13-17-31)10-14-30(15-11-26)22-9-8-19(18-28-22)23(32)29-21-7-5-4-6-20(21)27/h4-9,18H,10-17,27H2,1-3H3,(H,29,32). The van der Waals surface area contributed by atoms with E-state index in [1.54, 1.807) is 24.4 Å². The van der Waals surface area contributed by atoms with Crippen molar-refractivity contribution in [3.05, 3.63) is 48.2 Å². The summed E-state index contributed by atoms with van der Waals surface area (Å²) in [5, 5.41) is 2.83. The Morgan fingerprint density at radius 3 is 2.24 bits per heavy atom. The topological polar surface area (TPSA) is 101 Å². The highest BCUT2D eigenvalue weighted by Gasteiger charge is 2.39. The number of pyridine rings is 1. The minimum Gasteiger partial charge on any atom is -0.444 e. The summed E-state index contributed by atoms with van der Waals surface area (Å²) in [6.45, 7) is 9.05. The Morgan fingerprint density at radius 2 is 1.65 bits per heavy atom. The number of nitrogens with two attached hydrogens (primary N) is 1. The van der Waals surface area contributed by atoms with Crippen molar-refractivity contribution < 1.29 is 14.3 Å². The van der Waals surface area contributed by atoms with Crippen LogP contribution in [0, 0.1) is 5.41 Å². The number of aromatic nitrogens is 1.